The molecule has 0 spiro atoms. The number of rotatable bonds is 9. The maximum absolute atomic E-state index is 12.5. The maximum Gasteiger partial charge on any atom is 0.309 e. The minimum atomic E-state index is -0.670. The molecule has 35 heavy (non-hydrogen) atoms. The van der Waals surface area contributed by atoms with E-state index in [1.807, 2.05) is 36.4 Å². The average molecular weight is 486 g/mol. The van der Waals surface area contributed by atoms with Gasteiger partial charge in [-0.3, -0.25) is 14.5 Å². The van der Waals surface area contributed by atoms with E-state index in [0.29, 0.717) is 49.2 Å². The Bertz CT molecular complexity index is 1040. The van der Waals surface area contributed by atoms with Gasteiger partial charge in [-0.1, -0.05) is 12.1 Å². The summed E-state index contributed by atoms with van der Waals surface area (Å²) < 4.78 is 26.9. The Labute approximate surface area is 204 Å². The van der Waals surface area contributed by atoms with Crippen LogP contribution in [-0.2, 0) is 20.7 Å². The molecule has 0 saturated carbocycles. The molecule has 0 unspecified atom stereocenters. The van der Waals surface area contributed by atoms with Gasteiger partial charge in [-0.2, -0.15) is 0 Å². The highest BCUT2D eigenvalue weighted by atomic mass is 16.7. The third-order valence-corrected chi connectivity index (χ3v) is 6.08. The quantitative estimate of drug-likeness (QED) is 0.512. The van der Waals surface area contributed by atoms with Gasteiger partial charge < -0.3 is 34.3 Å². The Hall–Kier alpha value is -3.50. The molecule has 4 rings (SSSR count). The summed E-state index contributed by atoms with van der Waals surface area (Å²) in [6, 6.07) is 11.2. The Morgan fingerprint density at radius 3 is 2.46 bits per heavy atom. The molecule has 2 aliphatic heterocycles. The normalized spacial score (nSPS) is 15.8. The zero-order valence-electron chi connectivity index (χ0n) is 20.0. The summed E-state index contributed by atoms with van der Waals surface area (Å²) >= 11 is 0. The van der Waals surface area contributed by atoms with Gasteiger partial charge >= 0.3 is 11.8 Å². The molecule has 10 nitrogen and oxygen atoms in total. The van der Waals surface area contributed by atoms with Crippen molar-refractivity contribution in [2.75, 3.05) is 60.4 Å². The van der Waals surface area contributed by atoms with Crippen LogP contribution in [0.2, 0.25) is 0 Å². The molecule has 2 aliphatic rings. The Balaban J connectivity index is 1.32. The molecule has 2 N–H and O–H groups in total. The highest BCUT2D eigenvalue weighted by Crippen LogP contribution is 2.35. The summed E-state index contributed by atoms with van der Waals surface area (Å²) in [4.78, 5) is 27.2. The van der Waals surface area contributed by atoms with Crippen LogP contribution in [0, 0.1) is 0 Å². The van der Waals surface area contributed by atoms with Gasteiger partial charge in [-0.25, -0.2) is 0 Å². The molecule has 188 valence electrons. The first-order valence-electron chi connectivity index (χ1n) is 11.6. The van der Waals surface area contributed by atoms with Crippen molar-refractivity contribution < 1.29 is 33.3 Å². The largest absolute Gasteiger partial charge is 0.493 e. The number of methoxy groups -OCH3 is 2. The van der Waals surface area contributed by atoms with Gasteiger partial charge in [-0.05, 0) is 41.8 Å². The van der Waals surface area contributed by atoms with Gasteiger partial charge in [0.2, 0.25) is 6.79 Å². The number of carbonyl (C=O) groups is 2. The molecule has 1 saturated heterocycles. The van der Waals surface area contributed by atoms with Crippen molar-refractivity contribution >= 4 is 11.8 Å². The summed E-state index contributed by atoms with van der Waals surface area (Å²) in [7, 11) is 3.15. The SMILES string of the molecule is COc1ccc(CCNC(=O)C(=O)NC[C@H](c2ccc3c(c2)OCO3)N2CCOCC2)cc1OC. The van der Waals surface area contributed by atoms with Crippen molar-refractivity contribution in [1.29, 1.82) is 0 Å². The fourth-order valence-corrected chi connectivity index (χ4v) is 4.17. The Morgan fingerprint density at radius 2 is 1.69 bits per heavy atom. The average Bonchev–Trinajstić information content (AvgIpc) is 3.37. The lowest BCUT2D eigenvalue weighted by atomic mass is 10.0. The second kappa shape index (κ2) is 11.8. The lowest BCUT2D eigenvalue weighted by Crippen LogP contribution is -2.47. The molecule has 2 aromatic rings. The number of amides is 2. The van der Waals surface area contributed by atoms with Gasteiger partial charge in [0, 0.05) is 26.2 Å². The molecular formula is C25H31N3O7. The molecule has 1 atom stereocenters. The number of fused-ring (bicyclic) bond motifs is 1. The second-order valence-corrected chi connectivity index (χ2v) is 8.18. The van der Waals surface area contributed by atoms with Crippen LogP contribution in [0.1, 0.15) is 17.2 Å². The van der Waals surface area contributed by atoms with E-state index in [1.54, 1.807) is 14.2 Å². The van der Waals surface area contributed by atoms with Gasteiger partial charge in [-0.15, -0.1) is 0 Å². The maximum atomic E-state index is 12.5. The van der Waals surface area contributed by atoms with Crippen LogP contribution in [0.3, 0.4) is 0 Å². The van der Waals surface area contributed by atoms with Crippen LogP contribution >= 0.6 is 0 Å². The lowest BCUT2D eigenvalue weighted by molar-refractivity contribution is -0.139. The van der Waals surface area contributed by atoms with E-state index < -0.39 is 11.8 Å². The van der Waals surface area contributed by atoms with E-state index >= 15 is 0 Å². The summed E-state index contributed by atoms with van der Waals surface area (Å²) in [5, 5.41) is 5.47. The van der Waals surface area contributed by atoms with Crippen LogP contribution in [0.15, 0.2) is 36.4 Å². The van der Waals surface area contributed by atoms with Gasteiger partial charge in [0.1, 0.15) is 0 Å². The minimum absolute atomic E-state index is 0.128. The Kier molecular flexibility index (Phi) is 8.27. The van der Waals surface area contributed by atoms with E-state index in [1.165, 1.54) is 0 Å². The number of carbonyl (C=O) groups excluding carboxylic acids is 2. The van der Waals surface area contributed by atoms with E-state index in [-0.39, 0.29) is 19.4 Å². The molecule has 1 fully saturated rings. The number of nitrogens with zero attached hydrogens (tertiary/aromatic N) is 1. The Morgan fingerprint density at radius 1 is 0.943 bits per heavy atom. The van der Waals surface area contributed by atoms with Crippen molar-refractivity contribution in [3.63, 3.8) is 0 Å². The fourth-order valence-electron chi connectivity index (χ4n) is 4.17. The van der Waals surface area contributed by atoms with Crippen LogP contribution in [-0.4, -0.2) is 77.1 Å². The molecule has 2 heterocycles. The number of benzene rings is 2. The summed E-state index contributed by atoms with van der Waals surface area (Å²) in [6.07, 6.45) is 0.549. The lowest BCUT2D eigenvalue weighted by Gasteiger charge is -2.34. The van der Waals surface area contributed by atoms with Crippen LogP contribution in [0.25, 0.3) is 0 Å². The predicted molar refractivity (Wildman–Crippen MR) is 127 cm³/mol. The topological polar surface area (TPSA) is 108 Å². The first-order valence-corrected chi connectivity index (χ1v) is 11.6. The van der Waals surface area contributed by atoms with Crippen LogP contribution in [0.5, 0.6) is 23.0 Å². The van der Waals surface area contributed by atoms with Crippen molar-refractivity contribution in [1.82, 2.24) is 15.5 Å². The van der Waals surface area contributed by atoms with Crippen molar-refractivity contribution in [3.8, 4) is 23.0 Å². The minimum Gasteiger partial charge on any atom is -0.493 e. The van der Waals surface area contributed by atoms with E-state index in [4.69, 9.17) is 23.7 Å². The molecular weight excluding hydrogens is 454 g/mol. The highest BCUT2D eigenvalue weighted by molar-refractivity contribution is 6.35. The third-order valence-electron chi connectivity index (χ3n) is 6.08. The third kappa shape index (κ3) is 6.14. The van der Waals surface area contributed by atoms with Gasteiger partial charge in [0.25, 0.3) is 0 Å². The summed E-state index contributed by atoms with van der Waals surface area (Å²) in [5.74, 6) is 1.30. The number of hydrogen-bond donors (Lipinski definition) is 2. The number of nitrogens with one attached hydrogen (secondary N) is 2. The van der Waals surface area contributed by atoms with Crippen LogP contribution in [0.4, 0.5) is 0 Å². The van der Waals surface area contributed by atoms with E-state index in [0.717, 1.165) is 24.2 Å². The zero-order valence-corrected chi connectivity index (χ0v) is 20.0. The predicted octanol–water partition coefficient (Wildman–Crippen LogP) is 1.28. The molecule has 10 heteroatoms. The van der Waals surface area contributed by atoms with E-state index in [9.17, 15) is 9.59 Å². The molecule has 2 amide bonds. The molecule has 0 radical (unpaired) electrons. The number of ether oxygens (including phenoxy) is 5. The highest BCUT2D eigenvalue weighted by Gasteiger charge is 2.26. The molecule has 0 aliphatic carbocycles. The van der Waals surface area contributed by atoms with Crippen molar-refractivity contribution in [3.05, 3.63) is 47.5 Å². The summed E-state index contributed by atoms with van der Waals surface area (Å²) in [5.41, 5.74) is 1.93. The first kappa shape index (κ1) is 24.6. The van der Waals surface area contributed by atoms with E-state index in [2.05, 4.69) is 15.5 Å². The standard InChI is InChI=1S/C25H31N3O7/c1-31-20-5-3-17(13-22(20)32-2)7-8-26-24(29)25(30)27-15-19(28-9-11-33-12-10-28)18-4-6-21-23(14-18)35-16-34-21/h3-6,13-14,19H,7-12,15-16H2,1-2H3,(H,26,29)(H,27,30)/t19-/m1/s1. The zero-order chi connectivity index (χ0) is 24.6. The summed E-state index contributed by atoms with van der Waals surface area (Å²) in [6.45, 7) is 3.48. The van der Waals surface area contributed by atoms with Crippen LogP contribution < -0.4 is 29.6 Å². The smallest absolute Gasteiger partial charge is 0.309 e. The number of morpholine rings is 1. The number of hydrogen-bond acceptors (Lipinski definition) is 8. The second-order valence-electron chi connectivity index (χ2n) is 8.18. The van der Waals surface area contributed by atoms with Crippen molar-refractivity contribution in [2.24, 2.45) is 0 Å². The molecule has 0 bridgehead atoms. The van der Waals surface area contributed by atoms with Gasteiger partial charge in [0.15, 0.2) is 23.0 Å². The monoisotopic (exact) mass is 485 g/mol. The van der Waals surface area contributed by atoms with Crippen molar-refractivity contribution in [2.45, 2.75) is 12.5 Å². The fraction of sp³-hybridized carbons (Fsp3) is 0.440. The van der Waals surface area contributed by atoms with Gasteiger partial charge in [0.05, 0.1) is 33.5 Å². The first-order chi connectivity index (χ1) is 17.1. The molecule has 0 aromatic heterocycles. The molecule has 2 aromatic carbocycles.